The molecule has 1 aliphatic carbocycles. The second-order valence-corrected chi connectivity index (χ2v) is 9.60. The van der Waals surface area contributed by atoms with Crippen LogP contribution in [0.2, 0.25) is 0 Å². The molecule has 4 heteroatoms. The van der Waals surface area contributed by atoms with Crippen molar-refractivity contribution in [3.63, 3.8) is 0 Å². The lowest BCUT2D eigenvalue weighted by atomic mass is 10.1. The van der Waals surface area contributed by atoms with Gasteiger partial charge in [-0.3, -0.25) is 0 Å². The average Bonchev–Trinajstić information content (AvgIpc) is 3.12. The van der Waals surface area contributed by atoms with Crippen LogP contribution >= 0.6 is 56.6 Å². The maximum Gasteiger partial charge on any atom is 0.0660 e. The van der Waals surface area contributed by atoms with E-state index in [1.54, 1.807) is 11.1 Å². The van der Waals surface area contributed by atoms with Crippen molar-refractivity contribution in [1.82, 2.24) is 0 Å². The molecule has 0 atom stereocenters. The van der Waals surface area contributed by atoms with Gasteiger partial charge in [0.05, 0.1) is 2.88 Å². The predicted molar refractivity (Wildman–Crippen MR) is 95.7 cm³/mol. The molecule has 3 aromatic heterocycles. The molecule has 0 aliphatic heterocycles. The van der Waals surface area contributed by atoms with Gasteiger partial charge in [-0.15, -0.1) is 34.0 Å². The van der Waals surface area contributed by atoms with Gasteiger partial charge in [0.2, 0.25) is 0 Å². The van der Waals surface area contributed by atoms with E-state index in [0.29, 0.717) is 0 Å². The molecule has 0 radical (unpaired) electrons. The molecule has 0 nitrogen and oxygen atoms in total. The Hall–Kier alpha value is -0.170. The van der Waals surface area contributed by atoms with Crippen molar-refractivity contribution < 1.29 is 0 Å². The van der Waals surface area contributed by atoms with Crippen molar-refractivity contribution >= 4 is 56.6 Å². The standard InChI is InChI=1S/C15H11IS3/c16-13-7-6-12(18-13)15-10-4-1-3-9(10)14(19-15)11-5-2-8-17-11/h2,5-8H,1,3-4H2. The van der Waals surface area contributed by atoms with Gasteiger partial charge in [-0.2, -0.15) is 0 Å². The Kier molecular flexibility index (Phi) is 3.30. The van der Waals surface area contributed by atoms with E-state index < -0.39 is 0 Å². The van der Waals surface area contributed by atoms with Crippen LogP contribution in [0.1, 0.15) is 17.5 Å². The summed E-state index contributed by atoms with van der Waals surface area (Å²) in [5.41, 5.74) is 3.26. The number of fused-ring (bicyclic) bond motifs is 1. The molecule has 4 rings (SSSR count). The van der Waals surface area contributed by atoms with Crippen LogP contribution in [0.4, 0.5) is 0 Å². The molecular weight excluding hydrogens is 403 g/mol. The summed E-state index contributed by atoms with van der Waals surface area (Å²) in [4.78, 5) is 5.96. The Morgan fingerprint density at radius 3 is 2.32 bits per heavy atom. The molecule has 0 aromatic carbocycles. The van der Waals surface area contributed by atoms with Gasteiger partial charge in [-0.1, -0.05) is 6.07 Å². The summed E-state index contributed by atoms with van der Waals surface area (Å²) in [5.74, 6) is 0. The van der Waals surface area contributed by atoms with Crippen LogP contribution in [0.15, 0.2) is 29.6 Å². The monoisotopic (exact) mass is 414 g/mol. The number of rotatable bonds is 2. The molecule has 0 saturated carbocycles. The van der Waals surface area contributed by atoms with Crippen LogP contribution in [0.25, 0.3) is 19.5 Å². The minimum atomic E-state index is 1.26. The zero-order valence-corrected chi connectivity index (χ0v) is 14.7. The highest BCUT2D eigenvalue weighted by Gasteiger charge is 2.24. The van der Waals surface area contributed by atoms with E-state index in [1.165, 1.54) is 41.7 Å². The van der Waals surface area contributed by atoms with Crippen molar-refractivity contribution in [2.45, 2.75) is 19.3 Å². The Morgan fingerprint density at radius 2 is 1.68 bits per heavy atom. The predicted octanol–water partition coefficient (Wildman–Crippen LogP) is 6.30. The Labute approximate surface area is 138 Å². The van der Waals surface area contributed by atoms with Gasteiger partial charge in [0.15, 0.2) is 0 Å². The highest BCUT2D eigenvalue weighted by molar-refractivity contribution is 14.1. The van der Waals surface area contributed by atoms with Gasteiger partial charge in [0.1, 0.15) is 0 Å². The Bertz CT molecular complexity index is 719. The van der Waals surface area contributed by atoms with Crippen molar-refractivity contribution in [3.8, 4) is 19.5 Å². The van der Waals surface area contributed by atoms with E-state index in [1.807, 2.05) is 34.0 Å². The number of hydrogen-bond donors (Lipinski definition) is 0. The minimum Gasteiger partial charge on any atom is -0.143 e. The van der Waals surface area contributed by atoms with Gasteiger partial charge in [-0.05, 0) is 76.6 Å². The smallest absolute Gasteiger partial charge is 0.0660 e. The first-order chi connectivity index (χ1) is 9.33. The van der Waals surface area contributed by atoms with Crippen LogP contribution in [-0.2, 0) is 12.8 Å². The maximum atomic E-state index is 2.42. The van der Waals surface area contributed by atoms with Crippen LogP contribution in [0, 0.1) is 2.88 Å². The van der Waals surface area contributed by atoms with Crippen molar-refractivity contribution in [3.05, 3.63) is 43.7 Å². The minimum absolute atomic E-state index is 1.26. The quantitative estimate of drug-likeness (QED) is 0.432. The average molecular weight is 414 g/mol. The molecule has 0 amide bonds. The first-order valence-corrected chi connectivity index (χ1v) is 9.86. The lowest BCUT2D eigenvalue weighted by Gasteiger charge is -1.95. The molecule has 0 fully saturated rings. The van der Waals surface area contributed by atoms with Gasteiger partial charge in [0, 0.05) is 19.5 Å². The highest BCUT2D eigenvalue weighted by atomic mass is 127. The molecule has 0 saturated heterocycles. The molecule has 3 heterocycles. The fourth-order valence-electron chi connectivity index (χ4n) is 2.71. The zero-order chi connectivity index (χ0) is 12.8. The molecule has 0 spiro atoms. The van der Waals surface area contributed by atoms with Gasteiger partial charge < -0.3 is 0 Å². The van der Waals surface area contributed by atoms with Crippen LogP contribution in [-0.4, -0.2) is 0 Å². The molecule has 1 aliphatic rings. The van der Waals surface area contributed by atoms with Gasteiger partial charge in [-0.25, -0.2) is 0 Å². The zero-order valence-electron chi connectivity index (χ0n) is 10.1. The molecule has 19 heavy (non-hydrogen) atoms. The summed E-state index contributed by atoms with van der Waals surface area (Å²) in [5, 5.41) is 2.18. The van der Waals surface area contributed by atoms with Crippen molar-refractivity contribution in [2.75, 3.05) is 0 Å². The van der Waals surface area contributed by atoms with Crippen molar-refractivity contribution in [1.29, 1.82) is 0 Å². The number of thiophene rings is 3. The maximum absolute atomic E-state index is 2.42. The SMILES string of the molecule is Ic1ccc(-c2sc(-c3cccs3)c3c2CCC3)s1. The van der Waals surface area contributed by atoms with E-state index in [-0.39, 0.29) is 0 Å². The third-order valence-corrected chi connectivity index (χ3v) is 7.91. The third-order valence-electron chi connectivity index (χ3n) is 3.51. The Balaban J connectivity index is 1.91. The molecule has 0 bridgehead atoms. The fourth-order valence-corrected chi connectivity index (χ4v) is 6.75. The second-order valence-electron chi connectivity index (χ2n) is 4.65. The lowest BCUT2D eigenvalue weighted by Crippen LogP contribution is -1.77. The Morgan fingerprint density at radius 1 is 0.895 bits per heavy atom. The van der Waals surface area contributed by atoms with Crippen LogP contribution in [0.3, 0.4) is 0 Å². The first-order valence-electron chi connectivity index (χ1n) is 6.27. The molecular formula is C15H11IS3. The van der Waals surface area contributed by atoms with E-state index in [0.717, 1.165) is 0 Å². The summed E-state index contributed by atoms with van der Waals surface area (Å²) in [6, 6.07) is 8.94. The normalized spacial score (nSPS) is 13.9. The summed E-state index contributed by atoms with van der Waals surface area (Å²) < 4.78 is 1.38. The van der Waals surface area contributed by atoms with E-state index in [9.17, 15) is 0 Å². The largest absolute Gasteiger partial charge is 0.143 e. The molecule has 0 unspecified atom stereocenters. The lowest BCUT2D eigenvalue weighted by molar-refractivity contribution is 0.912. The summed E-state index contributed by atoms with van der Waals surface area (Å²) in [7, 11) is 0. The third kappa shape index (κ3) is 2.13. The van der Waals surface area contributed by atoms with Crippen LogP contribution < -0.4 is 0 Å². The van der Waals surface area contributed by atoms with Gasteiger partial charge >= 0.3 is 0 Å². The molecule has 96 valence electrons. The number of hydrogen-bond acceptors (Lipinski definition) is 3. The number of halogens is 1. The van der Waals surface area contributed by atoms with Crippen molar-refractivity contribution in [2.24, 2.45) is 0 Å². The second kappa shape index (κ2) is 4.98. The summed E-state index contributed by atoms with van der Waals surface area (Å²) in [6.07, 6.45) is 3.86. The summed E-state index contributed by atoms with van der Waals surface area (Å²) in [6.45, 7) is 0. The molecule has 3 aromatic rings. The van der Waals surface area contributed by atoms with E-state index in [4.69, 9.17) is 0 Å². The van der Waals surface area contributed by atoms with Gasteiger partial charge in [0.25, 0.3) is 0 Å². The topological polar surface area (TPSA) is 0 Å². The van der Waals surface area contributed by atoms with E-state index in [2.05, 4.69) is 52.2 Å². The van der Waals surface area contributed by atoms with E-state index >= 15 is 0 Å². The first kappa shape index (κ1) is 12.6. The summed E-state index contributed by atoms with van der Waals surface area (Å²) >= 11 is 8.21. The van der Waals surface area contributed by atoms with Crippen LogP contribution in [0.5, 0.6) is 0 Å². The fraction of sp³-hybridized carbons (Fsp3) is 0.200. The highest BCUT2D eigenvalue weighted by Crippen LogP contribution is 2.48. The molecule has 0 N–H and O–H groups in total.